The highest BCUT2D eigenvalue weighted by Gasteiger charge is 2.58. The number of hydrogen-bond acceptors (Lipinski definition) is 1. The third kappa shape index (κ3) is 1.56. The minimum Gasteiger partial charge on any atom is -0.618 e. The van der Waals surface area contributed by atoms with Crippen molar-refractivity contribution in [2.45, 2.75) is 39.0 Å². The summed E-state index contributed by atoms with van der Waals surface area (Å²) in [5.41, 5.74) is 4.41. The highest BCUT2D eigenvalue weighted by molar-refractivity contribution is 5.57. The van der Waals surface area contributed by atoms with Crippen LogP contribution in [-0.4, -0.2) is 0 Å². The van der Waals surface area contributed by atoms with Crippen molar-refractivity contribution in [3.05, 3.63) is 58.9 Å². The number of aromatic nitrogens is 1. The Balaban J connectivity index is 1.90. The third-order valence-electron chi connectivity index (χ3n) is 5.98. The maximum atomic E-state index is 12.9. The highest BCUT2D eigenvalue weighted by Crippen LogP contribution is 2.65. The standard InChI is InChI=1S/C19H21NO/c1-12-15-11-16(19(15,2)3)14-9-10-17(20(21)18(12)14)13-7-5-4-6-8-13/h4-10,12,15-16H,11H2,1-3H3/t12-,15+,16-/m1/s1. The summed E-state index contributed by atoms with van der Waals surface area (Å²) in [5, 5.41) is 12.9. The molecule has 0 unspecified atom stereocenters. The van der Waals surface area contributed by atoms with Gasteiger partial charge in [-0.05, 0) is 41.9 Å². The predicted octanol–water partition coefficient (Wildman–Crippen LogP) is 4.23. The minimum absolute atomic E-state index is 0.341. The van der Waals surface area contributed by atoms with E-state index in [0.29, 0.717) is 23.2 Å². The molecular formula is C19H21NO. The predicted molar refractivity (Wildman–Crippen MR) is 83.9 cm³/mol. The number of benzene rings is 1. The molecule has 0 spiro atoms. The van der Waals surface area contributed by atoms with Crippen LogP contribution in [0.5, 0.6) is 0 Å². The highest BCUT2D eigenvalue weighted by atomic mass is 16.5. The van der Waals surface area contributed by atoms with Crippen LogP contribution in [-0.2, 0) is 0 Å². The monoisotopic (exact) mass is 279 g/mol. The lowest BCUT2D eigenvalue weighted by molar-refractivity contribution is -0.607. The number of pyridine rings is 1. The van der Waals surface area contributed by atoms with Crippen LogP contribution < -0.4 is 4.73 Å². The summed E-state index contributed by atoms with van der Waals surface area (Å²) < 4.78 is 1.20. The molecule has 0 amide bonds. The molecule has 1 aromatic carbocycles. The second kappa shape index (κ2) is 4.09. The van der Waals surface area contributed by atoms with E-state index in [2.05, 4.69) is 26.8 Å². The topological polar surface area (TPSA) is 26.9 Å². The van der Waals surface area contributed by atoms with Crippen LogP contribution in [0.25, 0.3) is 11.3 Å². The molecule has 0 aliphatic heterocycles. The van der Waals surface area contributed by atoms with Crippen molar-refractivity contribution in [2.75, 3.05) is 0 Å². The van der Waals surface area contributed by atoms with Gasteiger partial charge in [-0.2, -0.15) is 4.73 Å². The molecule has 2 aromatic rings. The molecule has 2 heteroatoms. The summed E-state index contributed by atoms with van der Waals surface area (Å²) in [5.74, 6) is 1.54. The van der Waals surface area contributed by atoms with E-state index < -0.39 is 0 Å². The Labute approximate surface area is 126 Å². The van der Waals surface area contributed by atoms with Crippen LogP contribution in [0.4, 0.5) is 0 Å². The molecule has 5 rings (SSSR count). The lowest BCUT2D eigenvalue weighted by Gasteiger charge is -2.58. The molecule has 0 N–H and O–H groups in total. The van der Waals surface area contributed by atoms with Gasteiger partial charge in [0.05, 0.1) is 0 Å². The fourth-order valence-corrected chi connectivity index (χ4v) is 4.66. The molecule has 2 bridgehead atoms. The van der Waals surface area contributed by atoms with E-state index in [1.165, 1.54) is 16.7 Å². The van der Waals surface area contributed by atoms with E-state index in [9.17, 15) is 5.21 Å². The molecule has 3 aliphatic rings. The lowest BCUT2D eigenvalue weighted by Crippen LogP contribution is -2.54. The van der Waals surface area contributed by atoms with E-state index >= 15 is 0 Å². The molecule has 3 atom stereocenters. The molecule has 1 aromatic heterocycles. The molecule has 1 fully saturated rings. The first kappa shape index (κ1) is 12.9. The molecule has 21 heavy (non-hydrogen) atoms. The minimum atomic E-state index is 0.341. The fraction of sp³-hybridized carbons (Fsp3) is 0.421. The summed E-state index contributed by atoms with van der Waals surface area (Å²) in [7, 11) is 0. The van der Waals surface area contributed by atoms with Crippen molar-refractivity contribution in [1.29, 1.82) is 0 Å². The van der Waals surface area contributed by atoms with Gasteiger partial charge in [0.15, 0.2) is 5.69 Å². The first-order chi connectivity index (χ1) is 10.0. The zero-order valence-corrected chi connectivity index (χ0v) is 12.8. The van der Waals surface area contributed by atoms with Crippen molar-refractivity contribution in [3.8, 4) is 11.3 Å². The Kier molecular flexibility index (Phi) is 2.51. The summed E-state index contributed by atoms with van der Waals surface area (Å²) in [6.45, 7) is 6.93. The Morgan fingerprint density at radius 1 is 1.10 bits per heavy atom. The Hall–Kier alpha value is -1.83. The maximum Gasteiger partial charge on any atom is 0.223 e. The van der Waals surface area contributed by atoms with Crippen molar-refractivity contribution < 1.29 is 4.73 Å². The van der Waals surface area contributed by atoms with Gasteiger partial charge >= 0.3 is 0 Å². The second-order valence-corrected chi connectivity index (χ2v) is 7.22. The first-order valence-corrected chi connectivity index (χ1v) is 7.83. The molecule has 108 valence electrons. The van der Waals surface area contributed by atoms with Crippen molar-refractivity contribution in [3.63, 3.8) is 0 Å². The number of nitrogens with zero attached hydrogens (tertiary/aromatic N) is 1. The van der Waals surface area contributed by atoms with Gasteiger partial charge in [0.25, 0.3) is 0 Å². The van der Waals surface area contributed by atoms with Gasteiger partial charge in [-0.25, -0.2) is 0 Å². The van der Waals surface area contributed by atoms with E-state index in [1.807, 2.05) is 36.4 Å². The average Bonchev–Trinajstić information content (AvgIpc) is 2.47. The Bertz CT molecular complexity index is 705. The van der Waals surface area contributed by atoms with Crippen molar-refractivity contribution >= 4 is 0 Å². The van der Waals surface area contributed by atoms with E-state index in [0.717, 1.165) is 17.0 Å². The van der Waals surface area contributed by atoms with Gasteiger partial charge in [-0.3, -0.25) is 0 Å². The quantitative estimate of drug-likeness (QED) is 0.567. The zero-order chi connectivity index (χ0) is 14.8. The maximum absolute atomic E-state index is 12.9. The van der Waals surface area contributed by atoms with Crippen LogP contribution in [0.15, 0.2) is 42.5 Å². The van der Waals surface area contributed by atoms with E-state index in [-0.39, 0.29) is 0 Å². The van der Waals surface area contributed by atoms with Gasteiger partial charge in [0.2, 0.25) is 5.69 Å². The number of hydrogen-bond donors (Lipinski definition) is 0. The lowest BCUT2D eigenvalue weighted by atomic mass is 9.45. The van der Waals surface area contributed by atoms with Crippen molar-refractivity contribution in [1.82, 2.24) is 0 Å². The van der Waals surface area contributed by atoms with Crippen LogP contribution in [0, 0.1) is 16.5 Å². The molecule has 2 nitrogen and oxygen atoms in total. The van der Waals surface area contributed by atoms with Gasteiger partial charge < -0.3 is 5.21 Å². The van der Waals surface area contributed by atoms with E-state index in [1.54, 1.807) is 0 Å². The molecule has 1 heterocycles. The summed E-state index contributed by atoms with van der Waals surface area (Å²) >= 11 is 0. The SMILES string of the molecule is C[C@H]1c2c(ccc(-c3ccccc3)[n+]2[O-])[C@H]2C[C@@H]1C2(C)C. The molecule has 1 saturated carbocycles. The van der Waals surface area contributed by atoms with Gasteiger partial charge in [0, 0.05) is 23.1 Å². The normalized spacial score (nSPS) is 28.6. The largest absolute Gasteiger partial charge is 0.618 e. The molecule has 0 radical (unpaired) electrons. The molecule has 0 saturated heterocycles. The van der Waals surface area contributed by atoms with Gasteiger partial charge in [-0.1, -0.05) is 39.0 Å². The molecular weight excluding hydrogens is 258 g/mol. The van der Waals surface area contributed by atoms with Gasteiger partial charge in [-0.15, -0.1) is 0 Å². The van der Waals surface area contributed by atoms with Crippen LogP contribution >= 0.6 is 0 Å². The van der Waals surface area contributed by atoms with Crippen LogP contribution in [0.2, 0.25) is 0 Å². The fourth-order valence-electron chi connectivity index (χ4n) is 4.66. The Morgan fingerprint density at radius 3 is 2.48 bits per heavy atom. The smallest absolute Gasteiger partial charge is 0.223 e. The molecule has 3 aliphatic carbocycles. The van der Waals surface area contributed by atoms with E-state index in [4.69, 9.17) is 0 Å². The van der Waals surface area contributed by atoms with Crippen LogP contribution in [0.1, 0.15) is 50.3 Å². The number of rotatable bonds is 1. The van der Waals surface area contributed by atoms with Crippen molar-refractivity contribution in [2.24, 2.45) is 11.3 Å². The Morgan fingerprint density at radius 2 is 1.81 bits per heavy atom. The summed E-state index contributed by atoms with van der Waals surface area (Å²) in [6, 6.07) is 14.2. The zero-order valence-electron chi connectivity index (χ0n) is 12.8. The van der Waals surface area contributed by atoms with Crippen LogP contribution in [0.3, 0.4) is 0 Å². The second-order valence-electron chi connectivity index (χ2n) is 7.22. The average molecular weight is 279 g/mol. The summed E-state index contributed by atoms with van der Waals surface area (Å²) in [4.78, 5) is 0. The first-order valence-electron chi connectivity index (χ1n) is 7.83. The third-order valence-corrected chi connectivity index (χ3v) is 5.98. The van der Waals surface area contributed by atoms with Gasteiger partial charge in [0.1, 0.15) is 0 Å². The summed E-state index contributed by atoms with van der Waals surface area (Å²) in [6.07, 6.45) is 1.24.